The maximum atomic E-state index is 3.84. The average Bonchev–Trinajstić information content (AvgIpc) is 2.37. The molecule has 0 N–H and O–H groups in total. The Kier molecular flexibility index (Phi) is 5.05. The summed E-state index contributed by atoms with van der Waals surface area (Å²) in [5.74, 6) is 0. The molecule has 0 heterocycles. The third kappa shape index (κ3) is 2.80. The zero-order valence-electron chi connectivity index (χ0n) is 12.3. The fraction of sp³-hybridized carbons (Fsp3) is 0.353. The van der Waals surface area contributed by atoms with Gasteiger partial charge in [0.2, 0.25) is 0 Å². The van der Waals surface area contributed by atoms with E-state index in [2.05, 4.69) is 54.2 Å². The molecule has 1 aliphatic carbocycles. The van der Waals surface area contributed by atoms with Crippen molar-refractivity contribution in [1.82, 2.24) is 0 Å². The quantitative estimate of drug-likeness (QED) is 0.572. The molecule has 18 heavy (non-hydrogen) atoms. The van der Waals surface area contributed by atoms with Gasteiger partial charge in [-0.15, -0.1) is 0 Å². The van der Waals surface area contributed by atoms with E-state index in [1.165, 1.54) is 42.9 Å². The van der Waals surface area contributed by atoms with E-state index in [9.17, 15) is 0 Å². The van der Waals surface area contributed by atoms with E-state index in [4.69, 9.17) is 0 Å². The summed E-state index contributed by atoms with van der Waals surface area (Å²) in [6.07, 6.45) is 4.23. The predicted octanol–water partition coefficient (Wildman–Crippen LogP) is 4.84. The summed E-state index contributed by atoms with van der Waals surface area (Å²) in [6.45, 7) is 17.1. The van der Waals surface area contributed by atoms with Crippen LogP contribution >= 0.6 is 0 Å². The van der Waals surface area contributed by atoms with Crippen LogP contribution in [0.25, 0.3) is 0 Å². The third-order valence-electron chi connectivity index (χ3n) is 3.90. The third-order valence-corrected chi connectivity index (χ3v) is 6.10. The van der Waals surface area contributed by atoms with Crippen molar-refractivity contribution in [2.24, 2.45) is 0 Å². The number of allylic oxidation sites excluding steroid dienone is 9. The zero-order chi connectivity index (χ0) is 14.0. The molecule has 0 aromatic carbocycles. The molecular formula is C17H22W. The van der Waals surface area contributed by atoms with Crippen LogP contribution in [0.4, 0.5) is 0 Å². The topological polar surface area (TPSA) is 0 Å². The van der Waals surface area contributed by atoms with Crippen LogP contribution in [-0.2, 0) is 19.4 Å². The summed E-state index contributed by atoms with van der Waals surface area (Å²) >= 11 is 1.56. The van der Waals surface area contributed by atoms with Crippen molar-refractivity contribution in [3.63, 3.8) is 0 Å². The summed E-state index contributed by atoms with van der Waals surface area (Å²) in [5, 5.41) is 0. The Bertz CT molecular complexity index is 504. The summed E-state index contributed by atoms with van der Waals surface area (Å²) < 4.78 is 1.50. The molecule has 0 radical (unpaired) electrons. The number of hydrogen-bond donors (Lipinski definition) is 0. The van der Waals surface area contributed by atoms with Crippen molar-refractivity contribution in [3.8, 4) is 0 Å². The maximum absolute atomic E-state index is 3.84. The summed E-state index contributed by atoms with van der Waals surface area (Å²) in [6, 6.07) is 0. The van der Waals surface area contributed by atoms with Gasteiger partial charge in [-0.25, -0.2) is 0 Å². The first-order valence-electron chi connectivity index (χ1n) is 6.23. The molecule has 1 heteroatoms. The van der Waals surface area contributed by atoms with Crippen molar-refractivity contribution in [1.29, 1.82) is 0 Å². The minimum atomic E-state index is 1.25. The Morgan fingerprint density at radius 3 is 1.72 bits per heavy atom. The second-order valence-electron chi connectivity index (χ2n) is 4.96. The van der Waals surface area contributed by atoms with E-state index in [0.717, 1.165) is 0 Å². The van der Waals surface area contributed by atoms with Gasteiger partial charge >= 0.3 is 123 Å². The van der Waals surface area contributed by atoms with Gasteiger partial charge in [-0.1, -0.05) is 0 Å². The van der Waals surface area contributed by atoms with Crippen molar-refractivity contribution in [2.45, 2.75) is 41.5 Å². The fourth-order valence-electron chi connectivity index (χ4n) is 2.01. The van der Waals surface area contributed by atoms with E-state index in [1.807, 2.05) is 6.08 Å². The first kappa shape index (κ1) is 15.3. The molecule has 96 valence electrons. The van der Waals surface area contributed by atoms with Crippen LogP contribution in [0, 0.1) is 0 Å². The van der Waals surface area contributed by atoms with Crippen LogP contribution in [0.2, 0.25) is 0 Å². The number of rotatable bonds is 2. The van der Waals surface area contributed by atoms with Gasteiger partial charge in [0.1, 0.15) is 0 Å². The van der Waals surface area contributed by atoms with Crippen LogP contribution in [0.5, 0.6) is 0 Å². The first-order chi connectivity index (χ1) is 8.31. The van der Waals surface area contributed by atoms with Crippen molar-refractivity contribution < 1.29 is 19.4 Å². The second kappa shape index (κ2) is 5.93. The van der Waals surface area contributed by atoms with Crippen LogP contribution < -0.4 is 0 Å². The molecule has 0 fully saturated rings. The van der Waals surface area contributed by atoms with E-state index >= 15 is 0 Å². The van der Waals surface area contributed by atoms with Crippen molar-refractivity contribution in [2.75, 3.05) is 0 Å². The van der Waals surface area contributed by atoms with Crippen LogP contribution in [0.15, 0.2) is 57.7 Å². The van der Waals surface area contributed by atoms with E-state index in [0.29, 0.717) is 0 Å². The molecule has 0 aromatic heterocycles. The number of hydrogen-bond acceptors (Lipinski definition) is 0. The standard InChI is InChI=1S/C17H22.W/c1-8-11(2)12(3)10-17-15(6)13(4)9-14(5)16(17)7;/h8,10H,1H2,2-7H3;. The molecule has 0 amide bonds. The molecule has 0 nitrogen and oxygen atoms in total. The van der Waals surface area contributed by atoms with Gasteiger partial charge < -0.3 is 0 Å². The monoisotopic (exact) mass is 410 g/mol. The summed E-state index contributed by atoms with van der Waals surface area (Å²) in [7, 11) is 0. The van der Waals surface area contributed by atoms with Gasteiger partial charge in [0.05, 0.1) is 0 Å². The van der Waals surface area contributed by atoms with Crippen LogP contribution in [0.3, 0.4) is 0 Å². The average molecular weight is 410 g/mol. The first-order valence-corrected chi connectivity index (χ1v) is 7.70. The van der Waals surface area contributed by atoms with Gasteiger partial charge in [0.25, 0.3) is 0 Å². The fourth-order valence-corrected chi connectivity index (χ4v) is 3.11. The Hall–Kier alpha value is -0.742. The molecule has 0 aromatic rings. The van der Waals surface area contributed by atoms with E-state index in [-0.39, 0.29) is 0 Å². The zero-order valence-corrected chi connectivity index (χ0v) is 15.2. The molecule has 0 spiro atoms. The van der Waals surface area contributed by atoms with Crippen molar-refractivity contribution >= 4 is 3.90 Å². The molecule has 0 saturated carbocycles. The predicted molar refractivity (Wildman–Crippen MR) is 78.4 cm³/mol. The Labute approximate surface area is 122 Å². The molecule has 0 unspecified atom stereocenters. The van der Waals surface area contributed by atoms with E-state index in [1.54, 1.807) is 19.4 Å². The Morgan fingerprint density at radius 2 is 1.33 bits per heavy atom. The molecule has 0 atom stereocenters. The second-order valence-corrected chi connectivity index (χ2v) is 6.42. The van der Waals surface area contributed by atoms with Gasteiger partial charge in [-0.2, -0.15) is 0 Å². The van der Waals surface area contributed by atoms with Crippen LogP contribution in [0.1, 0.15) is 41.5 Å². The van der Waals surface area contributed by atoms with Gasteiger partial charge in [-0.05, 0) is 0 Å². The minimum absolute atomic E-state index is 1.25. The van der Waals surface area contributed by atoms with E-state index < -0.39 is 0 Å². The van der Waals surface area contributed by atoms with Gasteiger partial charge in [0.15, 0.2) is 0 Å². The molecule has 0 aliphatic heterocycles. The molecule has 0 bridgehead atoms. The van der Waals surface area contributed by atoms with Crippen LogP contribution in [-0.4, -0.2) is 3.90 Å². The molecular weight excluding hydrogens is 388 g/mol. The normalized spacial score (nSPS) is 18.1. The van der Waals surface area contributed by atoms with Crippen molar-refractivity contribution in [3.05, 3.63) is 57.7 Å². The summed E-state index contributed by atoms with van der Waals surface area (Å²) in [4.78, 5) is 0. The molecule has 1 aliphatic rings. The summed E-state index contributed by atoms with van der Waals surface area (Å²) in [5.41, 5.74) is 9.65. The molecule has 1 rings (SSSR count). The Balaban J connectivity index is 3.45. The molecule has 0 saturated heterocycles. The Morgan fingerprint density at radius 1 is 0.889 bits per heavy atom. The van der Waals surface area contributed by atoms with Gasteiger partial charge in [0, 0.05) is 0 Å². The van der Waals surface area contributed by atoms with Gasteiger partial charge in [-0.3, -0.25) is 0 Å². The SMILES string of the molecule is C=CC(C)=C(C)C=C1C(C)=C(C)[C](=[W])C(C)=C1C.